The Balaban J connectivity index is 1.96. The van der Waals surface area contributed by atoms with E-state index in [-0.39, 0.29) is 0 Å². The lowest BCUT2D eigenvalue weighted by Gasteiger charge is -2.18. The van der Waals surface area contributed by atoms with Gasteiger partial charge in [-0.15, -0.1) is 11.6 Å². The summed E-state index contributed by atoms with van der Waals surface area (Å²) in [5, 5.41) is 0. The van der Waals surface area contributed by atoms with E-state index in [4.69, 9.17) is 21.1 Å². The Kier molecular flexibility index (Phi) is 8.48. The largest absolute Gasteiger partial charge is 0.493 e. The fourth-order valence-electron chi connectivity index (χ4n) is 3.43. The van der Waals surface area contributed by atoms with Crippen LogP contribution in [0.1, 0.15) is 37.2 Å². The predicted molar refractivity (Wildman–Crippen MR) is 126 cm³/mol. The van der Waals surface area contributed by atoms with Crippen LogP contribution in [0.15, 0.2) is 66.7 Å². The van der Waals surface area contributed by atoms with Crippen molar-refractivity contribution >= 4 is 17.6 Å². The van der Waals surface area contributed by atoms with Gasteiger partial charge in [-0.2, -0.15) is 0 Å². The molecule has 0 saturated carbocycles. The first kappa shape index (κ1) is 22.8. The lowest BCUT2D eigenvalue weighted by atomic mass is 9.96. The van der Waals surface area contributed by atoms with Gasteiger partial charge in [0.05, 0.1) is 18.9 Å². The summed E-state index contributed by atoms with van der Waals surface area (Å²) < 4.78 is 11.3. The Morgan fingerprint density at radius 3 is 2.35 bits per heavy atom. The van der Waals surface area contributed by atoms with E-state index in [1.807, 2.05) is 60.7 Å². The molecule has 0 spiro atoms. The van der Waals surface area contributed by atoms with Gasteiger partial charge in [-0.3, -0.25) is 0 Å². The van der Waals surface area contributed by atoms with E-state index in [2.05, 4.69) is 11.9 Å². The molecule has 1 atom stereocenters. The summed E-state index contributed by atoms with van der Waals surface area (Å²) in [5.41, 5.74) is 3.92. The van der Waals surface area contributed by atoms with Gasteiger partial charge in [0.15, 0.2) is 0 Å². The van der Waals surface area contributed by atoms with Crippen LogP contribution in [-0.4, -0.2) is 30.0 Å². The number of para-hydroxylation sites is 1. The normalized spacial score (nSPS) is 11.7. The lowest BCUT2D eigenvalue weighted by molar-refractivity contribution is 0.0519. The van der Waals surface area contributed by atoms with Crippen molar-refractivity contribution in [3.8, 4) is 28.1 Å². The standard InChI is InChI=1S/C26H28ClNO3/c1-3-19(16-17-27)18-31-25-15-8-7-12-22(25)20-10-5-6-11-21(20)23-13-9-14-24(28-23)26(29)30-4-2/h5-15,19H,3-4,16-18H2,1-2H3. The predicted octanol–water partition coefficient (Wildman–Crippen LogP) is 6.63. The topological polar surface area (TPSA) is 48.4 Å². The molecule has 0 aliphatic carbocycles. The molecule has 0 radical (unpaired) electrons. The van der Waals surface area contributed by atoms with Crippen LogP contribution in [0.4, 0.5) is 0 Å². The molecule has 5 heteroatoms. The summed E-state index contributed by atoms with van der Waals surface area (Å²) >= 11 is 5.93. The molecule has 3 aromatic rings. The van der Waals surface area contributed by atoms with Crippen molar-refractivity contribution in [1.29, 1.82) is 0 Å². The number of nitrogens with zero attached hydrogens (tertiary/aromatic N) is 1. The SMILES string of the molecule is CCOC(=O)c1cccc(-c2ccccc2-c2ccccc2OCC(CC)CCCl)n1. The molecule has 3 rings (SSSR count). The minimum Gasteiger partial charge on any atom is -0.493 e. The van der Waals surface area contributed by atoms with Gasteiger partial charge >= 0.3 is 5.97 Å². The van der Waals surface area contributed by atoms with Crippen molar-refractivity contribution in [3.05, 3.63) is 72.4 Å². The van der Waals surface area contributed by atoms with Crippen LogP contribution < -0.4 is 4.74 Å². The Bertz CT molecular complexity index is 1010. The molecular weight excluding hydrogens is 410 g/mol. The first-order valence-corrected chi connectivity index (χ1v) is 11.2. The van der Waals surface area contributed by atoms with Gasteiger partial charge in [0, 0.05) is 17.0 Å². The van der Waals surface area contributed by atoms with E-state index < -0.39 is 5.97 Å². The number of hydrogen-bond donors (Lipinski definition) is 0. The van der Waals surface area contributed by atoms with Crippen molar-refractivity contribution in [2.75, 3.05) is 19.1 Å². The van der Waals surface area contributed by atoms with E-state index in [1.165, 1.54) is 0 Å². The third-order valence-corrected chi connectivity index (χ3v) is 5.40. The highest BCUT2D eigenvalue weighted by Crippen LogP contribution is 2.37. The number of alkyl halides is 1. The monoisotopic (exact) mass is 437 g/mol. The van der Waals surface area contributed by atoms with E-state index in [9.17, 15) is 4.79 Å². The molecule has 1 unspecified atom stereocenters. The van der Waals surface area contributed by atoms with Crippen LogP contribution >= 0.6 is 11.6 Å². The van der Waals surface area contributed by atoms with Crippen molar-refractivity contribution in [3.63, 3.8) is 0 Å². The molecule has 0 fully saturated rings. The third-order valence-electron chi connectivity index (χ3n) is 5.18. The molecule has 2 aromatic carbocycles. The van der Waals surface area contributed by atoms with Gasteiger partial charge in [0.1, 0.15) is 11.4 Å². The van der Waals surface area contributed by atoms with E-state index >= 15 is 0 Å². The maximum Gasteiger partial charge on any atom is 0.356 e. The lowest BCUT2D eigenvalue weighted by Crippen LogP contribution is -2.12. The molecule has 1 aromatic heterocycles. The van der Waals surface area contributed by atoms with Gasteiger partial charge in [-0.05, 0) is 43.0 Å². The minimum atomic E-state index is -0.421. The zero-order valence-electron chi connectivity index (χ0n) is 18.0. The number of benzene rings is 2. The number of ether oxygens (including phenoxy) is 2. The van der Waals surface area contributed by atoms with Crippen LogP contribution in [0, 0.1) is 5.92 Å². The Morgan fingerprint density at radius 2 is 1.65 bits per heavy atom. The summed E-state index contributed by atoms with van der Waals surface area (Å²) in [6.45, 7) is 4.88. The van der Waals surface area contributed by atoms with Gasteiger partial charge < -0.3 is 9.47 Å². The summed E-state index contributed by atoms with van der Waals surface area (Å²) in [6, 6.07) is 21.4. The van der Waals surface area contributed by atoms with Gasteiger partial charge in [-0.1, -0.05) is 61.9 Å². The smallest absolute Gasteiger partial charge is 0.356 e. The molecule has 1 heterocycles. The fourth-order valence-corrected chi connectivity index (χ4v) is 3.74. The first-order valence-electron chi connectivity index (χ1n) is 10.7. The van der Waals surface area contributed by atoms with E-state index in [0.29, 0.717) is 36.4 Å². The number of carbonyl (C=O) groups excluding carboxylic acids is 1. The van der Waals surface area contributed by atoms with Crippen LogP contribution in [0.2, 0.25) is 0 Å². The minimum absolute atomic E-state index is 0.297. The Labute approximate surface area is 189 Å². The Hall–Kier alpha value is -2.85. The van der Waals surface area contributed by atoms with Crippen LogP contribution in [-0.2, 0) is 4.74 Å². The molecule has 162 valence electrons. The van der Waals surface area contributed by atoms with Crippen LogP contribution in [0.25, 0.3) is 22.4 Å². The molecule has 0 N–H and O–H groups in total. The molecule has 0 aliphatic heterocycles. The Morgan fingerprint density at radius 1 is 0.935 bits per heavy atom. The van der Waals surface area contributed by atoms with Gasteiger partial charge in [0.2, 0.25) is 0 Å². The first-order chi connectivity index (χ1) is 15.2. The maximum absolute atomic E-state index is 12.2. The number of esters is 1. The molecule has 0 aliphatic rings. The number of aromatic nitrogens is 1. The van der Waals surface area contributed by atoms with Gasteiger partial charge in [0.25, 0.3) is 0 Å². The number of pyridine rings is 1. The fraction of sp³-hybridized carbons (Fsp3) is 0.308. The summed E-state index contributed by atoms with van der Waals surface area (Å²) in [7, 11) is 0. The van der Waals surface area contributed by atoms with E-state index in [0.717, 1.165) is 35.3 Å². The molecular formula is C26H28ClNO3. The molecule has 0 bridgehead atoms. The van der Waals surface area contributed by atoms with Crippen molar-refractivity contribution in [1.82, 2.24) is 4.98 Å². The average Bonchev–Trinajstić information content (AvgIpc) is 2.82. The van der Waals surface area contributed by atoms with Crippen molar-refractivity contribution in [2.24, 2.45) is 5.92 Å². The molecule has 31 heavy (non-hydrogen) atoms. The number of rotatable bonds is 10. The van der Waals surface area contributed by atoms with Crippen LogP contribution in [0.3, 0.4) is 0 Å². The average molecular weight is 438 g/mol. The van der Waals surface area contributed by atoms with Crippen LogP contribution in [0.5, 0.6) is 5.75 Å². The highest BCUT2D eigenvalue weighted by Gasteiger charge is 2.16. The second kappa shape index (κ2) is 11.5. The van der Waals surface area contributed by atoms with Gasteiger partial charge in [-0.25, -0.2) is 9.78 Å². The molecule has 0 amide bonds. The zero-order valence-corrected chi connectivity index (χ0v) is 18.8. The zero-order chi connectivity index (χ0) is 22.1. The second-order valence-corrected chi connectivity index (χ2v) is 7.61. The quantitative estimate of drug-likeness (QED) is 0.264. The number of halogens is 1. The summed E-state index contributed by atoms with van der Waals surface area (Å²) in [5.74, 6) is 1.46. The maximum atomic E-state index is 12.2. The third kappa shape index (κ3) is 5.86. The highest BCUT2D eigenvalue weighted by molar-refractivity contribution is 6.17. The molecule has 4 nitrogen and oxygen atoms in total. The second-order valence-electron chi connectivity index (χ2n) is 7.23. The number of hydrogen-bond acceptors (Lipinski definition) is 4. The number of carbonyl (C=O) groups is 1. The highest BCUT2D eigenvalue weighted by atomic mass is 35.5. The van der Waals surface area contributed by atoms with Crippen molar-refractivity contribution < 1.29 is 14.3 Å². The molecule has 0 saturated heterocycles. The summed E-state index contributed by atoms with van der Waals surface area (Å²) in [6.07, 6.45) is 1.96. The van der Waals surface area contributed by atoms with E-state index in [1.54, 1.807) is 13.0 Å². The summed E-state index contributed by atoms with van der Waals surface area (Å²) in [4.78, 5) is 16.7. The van der Waals surface area contributed by atoms with Crippen molar-refractivity contribution in [2.45, 2.75) is 26.7 Å².